The maximum absolute atomic E-state index is 13.9. The van der Waals surface area contributed by atoms with E-state index in [0.717, 1.165) is 0 Å². The maximum Gasteiger partial charge on any atom is 0.338 e. The maximum atomic E-state index is 13.9. The highest BCUT2D eigenvalue weighted by atomic mass is 19.1. The molecule has 0 radical (unpaired) electrons. The zero-order chi connectivity index (χ0) is 17.0. The fourth-order valence-corrected chi connectivity index (χ4v) is 2.45. The Morgan fingerprint density at radius 1 is 1.30 bits per heavy atom. The molecule has 2 rings (SSSR count). The van der Waals surface area contributed by atoms with Crippen LogP contribution in [-0.4, -0.2) is 35.7 Å². The highest BCUT2D eigenvalue weighted by molar-refractivity contribution is 5.89. The van der Waals surface area contributed by atoms with E-state index in [4.69, 9.17) is 9.47 Å². The van der Waals surface area contributed by atoms with Crippen LogP contribution in [0, 0.1) is 16.0 Å². The second kappa shape index (κ2) is 7.17. The van der Waals surface area contributed by atoms with E-state index in [1.54, 1.807) is 6.92 Å². The Hall–Kier alpha value is -2.51. The first-order chi connectivity index (χ1) is 10.9. The summed E-state index contributed by atoms with van der Waals surface area (Å²) in [6.45, 7) is 1.87. The molecule has 0 spiro atoms. The molecule has 0 aliphatic heterocycles. The lowest BCUT2D eigenvalue weighted by Crippen LogP contribution is -2.23. The molecule has 0 heterocycles. The van der Waals surface area contributed by atoms with Crippen molar-refractivity contribution in [2.45, 2.75) is 32.0 Å². The summed E-state index contributed by atoms with van der Waals surface area (Å²) < 4.78 is 23.8. The minimum absolute atomic E-state index is 0.0446. The van der Waals surface area contributed by atoms with Gasteiger partial charge in [0.25, 0.3) is 5.69 Å². The summed E-state index contributed by atoms with van der Waals surface area (Å²) in [5.41, 5.74) is -0.0736. The fraction of sp³-hybridized carbons (Fsp3) is 0.467. The van der Waals surface area contributed by atoms with Crippen molar-refractivity contribution in [1.29, 1.82) is 0 Å². The second-order valence-electron chi connectivity index (χ2n) is 5.18. The van der Waals surface area contributed by atoms with Gasteiger partial charge < -0.3 is 9.47 Å². The van der Waals surface area contributed by atoms with E-state index in [2.05, 4.69) is 0 Å². The Balaban J connectivity index is 1.97. The molecule has 8 heteroatoms. The van der Waals surface area contributed by atoms with Crippen LogP contribution >= 0.6 is 0 Å². The number of non-ortho nitro benzene ring substituents is 1. The highest BCUT2D eigenvalue weighted by Gasteiger charge is 2.41. The SMILES string of the molecule is CCOC(=O)[C@@H]1C[C@H](F)[C@H](OC(=O)c2ccc([N+](=O)[O-])cc2)C1. The predicted octanol–water partition coefficient (Wildman–Crippen LogP) is 2.43. The van der Waals surface area contributed by atoms with E-state index in [0.29, 0.717) is 0 Å². The van der Waals surface area contributed by atoms with Gasteiger partial charge in [-0.25, -0.2) is 9.18 Å². The minimum Gasteiger partial charge on any atom is -0.466 e. The smallest absolute Gasteiger partial charge is 0.338 e. The number of alkyl halides is 1. The number of nitro groups is 1. The van der Waals surface area contributed by atoms with Crippen LogP contribution in [0.2, 0.25) is 0 Å². The van der Waals surface area contributed by atoms with Gasteiger partial charge in [0.05, 0.1) is 23.0 Å². The summed E-state index contributed by atoms with van der Waals surface area (Å²) in [6.07, 6.45) is -2.44. The summed E-state index contributed by atoms with van der Waals surface area (Å²) in [5.74, 6) is -1.90. The van der Waals surface area contributed by atoms with E-state index in [1.165, 1.54) is 24.3 Å². The first kappa shape index (κ1) is 16.9. The van der Waals surface area contributed by atoms with Crippen molar-refractivity contribution < 1.29 is 28.4 Å². The van der Waals surface area contributed by atoms with Crippen molar-refractivity contribution in [3.8, 4) is 0 Å². The molecule has 0 amide bonds. The molecule has 7 nitrogen and oxygen atoms in total. The Morgan fingerprint density at radius 2 is 1.96 bits per heavy atom. The molecule has 0 unspecified atom stereocenters. The molecule has 0 N–H and O–H groups in total. The molecule has 0 bridgehead atoms. The Kier molecular flexibility index (Phi) is 5.25. The summed E-state index contributed by atoms with van der Waals surface area (Å²) in [7, 11) is 0. The van der Waals surface area contributed by atoms with Crippen molar-refractivity contribution in [3.05, 3.63) is 39.9 Å². The fourth-order valence-electron chi connectivity index (χ4n) is 2.45. The van der Waals surface area contributed by atoms with Gasteiger partial charge in [-0.2, -0.15) is 0 Å². The molecule has 1 aliphatic carbocycles. The van der Waals surface area contributed by atoms with Crippen molar-refractivity contribution in [1.82, 2.24) is 0 Å². The number of halogens is 1. The Morgan fingerprint density at radius 3 is 2.52 bits per heavy atom. The summed E-state index contributed by atoms with van der Waals surface area (Å²) in [4.78, 5) is 33.5. The van der Waals surface area contributed by atoms with Crippen LogP contribution in [0.4, 0.5) is 10.1 Å². The lowest BCUT2D eigenvalue weighted by Gasteiger charge is -2.14. The van der Waals surface area contributed by atoms with Crippen LogP contribution in [0.25, 0.3) is 0 Å². The molecule has 0 aromatic heterocycles. The number of ether oxygens (including phenoxy) is 2. The van der Waals surface area contributed by atoms with Crippen molar-refractivity contribution in [3.63, 3.8) is 0 Å². The standard InChI is InChI=1S/C15H16FNO6/c1-2-22-14(18)10-7-12(16)13(8-10)23-15(19)9-3-5-11(6-4-9)17(20)21/h3-6,10,12-13H,2,7-8H2,1H3/t10-,12+,13-/m1/s1. The normalized spacial score (nSPS) is 23.3. The molecule has 1 saturated carbocycles. The van der Waals surface area contributed by atoms with Crippen LogP contribution in [0.5, 0.6) is 0 Å². The molecular formula is C15H16FNO6. The molecule has 1 fully saturated rings. The first-order valence-corrected chi connectivity index (χ1v) is 7.18. The van der Waals surface area contributed by atoms with Crippen LogP contribution in [0.15, 0.2) is 24.3 Å². The zero-order valence-electron chi connectivity index (χ0n) is 12.4. The summed E-state index contributed by atoms with van der Waals surface area (Å²) in [6, 6.07) is 4.82. The summed E-state index contributed by atoms with van der Waals surface area (Å²) >= 11 is 0. The average Bonchev–Trinajstić information content (AvgIpc) is 2.88. The second-order valence-corrected chi connectivity index (χ2v) is 5.18. The number of nitro benzene ring substituents is 1. The number of hydrogen-bond donors (Lipinski definition) is 0. The largest absolute Gasteiger partial charge is 0.466 e. The topological polar surface area (TPSA) is 95.7 Å². The first-order valence-electron chi connectivity index (χ1n) is 7.18. The highest BCUT2D eigenvalue weighted by Crippen LogP contribution is 2.32. The van der Waals surface area contributed by atoms with Gasteiger partial charge in [0, 0.05) is 18.6 Å². The Labute approximate surface area is 131 Å². The van der Waals surface area contributed by atoms with Gasteiger partial charge in [-0.05, 0) is 25.5 Å². The number of benzene rings is 1. The number of carbonyl (C=O) groups excluding carboxylic acids is 2. The van der Waals surface area contributed by atoms with Crippen LogP contribution in [0.3, 0.4) is 0 Å². The minimum atomic E-state index is -1.44. The Bertz CT molecular complexity index is 602. The predicted molar refractivity (Wildman–Crippen MR) is 76.6 cm³/mol. The molecular weight excluding hydrogens is 309 g/mol. The number of carbonyl (C=O) groups is 2. The zero-order valence-corrected chi connectivity index (χ0v) is 12.4. The van der Waals surface area contributed by atoms with Crippen LogP contribution in [-0.2, 0) is 14.3 Å². The lowest BCUT2D eigenvalue weighted by molar-refractivity contribution is -0.384. The monoisotopic (exact) mass is 325 g/mol. The van der Waals surface area contributed by atoms with Gasteiger partial charge in [0.2, 0.25) is 0 Å². The van der Waals surface area contributed by atoms with E-state index >= 15 is 0 Å². The van der Waals surface area contributed by atoms with Gasteiger partial charge in [-0.1, -0.05) is 0 Å². The molecule has 124 valence electrons. The molecule has 0 saturated heterocycles. The van der Waals surface area contributed by atoms with Gasteiger partial charge in [-0.15, -0.1) is 0 Å². The van der Waals surface area contributed by atoms with E-state index in [1.807, 2.05) is 0 Å². The van der Waals surface area contributed by atoms with Crippen LogP contribution < -0.4 is 0 Å². The van der Waals surface area contributed by atoms with Crippen molar-refractivity contribution in [2.24, 2.45) is 5.92 Å². The van der Waals surface area contributed by atoms with Gasteiger partial charge >= 0.3 is 11.9 Å². The molecule has 1 aromatic rings. The third-order valence-corrected chi connectivity index (χ3v) is 3.62. The van der Waals surface area contributed by atoms with E-state index < -0.39 is 35.1 Å². The number of esters is 2. The third-order valence-electron chi connectivity index (χ3n) is 3.62. The molecule has 23 heavy (non-hydrogen) atoms. The quantitative estimate of drug-likeness (QED) is 0.469. The number of rotatable bonds is 5. The molecule has 3 atom stereocenters. The van der Waals surface area contributed by atoms with Crippen molar-refractivity contribution >= 4 is 17.6 Å². The lowest BCUT2D eigenvalue weighted by atomic mass is 10.1. The average molecular weight is 325 g/mol. The van der Waals surface area contributed by atoms with Crippen LogP contribution in [0.1, 0.15) is 30.1 Å². The molecule has 1 aromatic carbocycles. The van der Waals surface area contributed by atoms with Crippen molar-refractivity contribution in [2.75, 3.05) is 6.61 Å². The number of nitrogens with zero attached hydrogens (tertiary/aromatic N) is 1. The summed E-state index contributed by atoms with van der Waals surface area (Å²) in [5, 5.41) is 10.6. The van der Waals surface area contributed by atoms with E-state index in [9.17, 15) is 24.1 Å². The third kappa shape index (κ3) is 4.02. The van der Waals surface area contributed by atoms with Gasteiger partial charge in [-0.3, -0.25) is 14.9 Å². The van der Waals surface area contributed by atoms with Gasteiger partial charge in [0.1, 0.15) is 12.3 Å². The van der Waals surface area contributed by atoms with Gasteiger partial charge in [0.15, 0.2) is 0 Å². The van der Waals surface area contributed by atoms with E-state index in [-0.39, 0.29) is 30.7 Å². The molecule has 1 aliphatic rings. The number of hydrogen-bond acceptors (Lipinski definition) is 6.